The molecule has 0 amide bonds. The van der Waals surface area contributed by atoms with Gasteiger partial charge in [0.2, 0.25) is 0 Å². The van der Waals surface area contributed by atoms with Gasteiger partial charge < -0.3 is 9.97 Å². The van der Waals surface area contributed by atoms with E-state index in [1.54, 1.807) is 6.07 Å². The van der Waals surface area contributed by atoms with E-state index in [1.807, 2.05) is 50.9 Å². The molecular formula is C20H21N5O2S. The first-order chi connectivity index (χ1) is 13.3. The van der Waals surface area contributed by atoms with Crippen LogP contribution in [-0.2, 0) is 6.54 Å². The maximum Gasteiger partial charge on any atom is 0.259 e. The lowest BCUT2D eigenvalue weighted by Crippen LogP contribution is -2.27. The molecule has 28 heavy (non-hydrogen) atoms. The molecule has 0 unspecified atom stereocenters. The minimum absolute atomic E-state index is 0.112. The summed E-state index contributed by atoms with van der Waals surface area (Å²) < 4.78 is 0. The Morgan fingerprint density at radius 3 is 2.64 bits per heavy atom. The number of rotatable bonds is 4. The summed E-state index contributed by atoms with van der Waals surface area (Å²) in [5, 5.41) is 1.24. The summed E-state index contributed by atoms with van der Waals surface area (Å²) in [6.07, 6.45) is 0. The quantitative estimate of drug-likeness (QED) is 0.554. The van der Waals surface area contributed by atoms with Gasteiger partial charge >= 0.3 is 0 Å². The molecule has 0 fully saturated rings. The fourth-order valence-electron chi connectivity index (χ4n) is 3.26. The van der Waals surface area contributed by atoms with Gasteiger partial charge in [0.1, 0.15) is 16.5 Å². The van der Waals surface area contributed by atoms with Crippen molar-refractivity contribution in [3.63, 3.8) is 0 Å². The molecule has 0 aliphatic heterocycles. The Morgan fingerprint density at radius 2 is 1.86 bits per heavy atom. The number of hydrogen-bond donors (Lipinski definition) is 2. The van der Waals surface area contributed by atoms with Crippen LogP contribution in [0, 0.1) is 13.8 Å². The Balaban J connectivity index is 1.65. The molecule has 0 saturated carbocycles. The van der Waals surface area contributed by atoms with Crippen molar-refractivity contribution in [1.29, 1.82) is 0 Å². The molecule has 2 N–H and O–H groups in total. The van der Waals surface area contributed by atoms with E-state index in [4.69, 9.17) is 0 Å². The first kappa shape index (κ1) is 18.5. The number of fused-ring (bicyclic) bond motifs is 2. The Kier molecular flexibility index (Phi) is 4.60. The maximum absolute atomic E-state index is 12.5. The van der Waals surface area contributed by atoms with Crippen LogP contribution in [0.4, 0.5) is 0 Å². The molecule has 144 valence electrons. The van der Waals surface area contributed by atoms with Crippen molar-refractivity contribution in [2.45, 2.75) is 33.4 Å². The van der Waals surface area contributed by atoms with Crippen LogP contribution in [0.25, 0.3) is 21.1 Å². The van der Waals surface area contributed by atoms with Gasteiger partial charge in [0.25, 0.3) is 11.1 Å². The van der Waals surface area contributed by atoms with Gasteiger partial charge in [-0.05, 0) is 45.5 Å². The molecule has 0 aliphatic rings. The molecule has 1 atom stereocenters. The van der Waals surface area contributed by atoms with Crippen LogP contribution in [0.3, 0.4) is 0 Å². The summed E-state index contributed by atoms with van der Waals surface area (Å²) in [5.41, 5.74) is 1.39. The van der Waals surface area contributed by atoms with Crippen molar-refractivity contribution >= 4 is 32.5 Å². The third-order valence-corrected chi connectivity index (χ3v) is 6.28. The van der Waals surface area contributed by atoms with Crippen molar-refractivity contribution in [3.05, 3.63) is 67.1 Å². The smallest absolute Gasteiger partial charge is 0.259 e. The van der Waals surface area contributed by atoms with Gasteiger partial charge in [-0.2, -0.15) is 0 Å². The second kappa shape index (κ2) is 6.96. The van der Waals surface area contributed by atoms with E-state index < -0.39 is 0 Å². The van der Waals surface area contributed by atoms with Crippen LogP contribution in [-0.4, -0.2) is 31.9 Å². The van der Waals surface area contributed by atoms with Crippen molar-refractivity contribution in [2.75, 3.05) is 7.05 Å². The second-order valence-corrected chi connectivity index (χ2v) is 8.24. The Hall–Kier alpha value is -2.84. The molecule has 0 bridgehead atoms. The van der Waals surface area contributed by atoms with Crippen LogP contribution < -0.4 is 11.1 Å². The Morgan fingerprint density at radius 1 is 1.11 bits per heavy atom. The number of para-hydroxylation sites is 1. The second-order valence-electron chi connectivity index (χ2n) is 7.04. The van der Waals surface area contributed by atoms with Crippen molar-refractivity contribution in [1.82, 2.24) is 24.8 Å². The fourth-order valence-corrected chi connectivity index (χ4v) is 4.30. The van der Waals surface area contributed by atoms with Crippen LogP contribution in [0.1, 0.15) is 35.1 Å². The van der Waals surface area contributed by atoms with E-state index in [-0.39, 0.29) is 17.2 Å². The number of benzene rings is 1. The minimum atomic E-state index is -0.156. The van der Waals surface area contributed by atoms with Crippen LogP contribution >= 0.6 is 11.3 Å². The number of aryl methyl sites for hydroxylation is 2. The number of nitrogens with one attached hydrogen (secondary N) is 2. The minimum Gasteiger partial charge on any atom is -0.309 e. The maximum atomic E-state index is 12.5. The molecule has 0 aliphatic carbocycles. The highest BCUT2D eigenvalue weighted by molar-refractivity contribution is 7.18. The molecule has 7 nitrogen and oxygen atoms in total. The molecular weight excluding hydrogens is 374 g/mol. The van der Waals surface area contributed by atoms with Crippen molar-refractivity contribution in [3.8, 4) is 0 Å². The highest BCUT2D eigenvalue weighted by Gasteiger charge is 2.19. The lowest BCUT2D eigenvalue weighted by atomic mass is 10.2. The van der Waals surface area contributed by atoms with Crippen LogP contribution in [0.5, 0.6) is 0 Å². The number of aromatic amines is 2. The SMILES string of the molecule is Cc1sc2nc([C@H](C)N(C)Cc3nc4ccccc4c(=O)[nH]3)[nH]c(=O)c2c1C. The van der Waals surface area contributed by atoms with Crippen molar-refractivity contribution in [2.24, 2.45) is 0 Å². The average molecular weight is 395 g/mol. The van der Waals surface area contributed by atoms with Crippen LogP contribution in [0.15, 0.2) is 33.9 Å². The summed E-state index contributed by atoms with van der Waals surface area (Å²) in [4.78, 5) is 43.6. The van der Waals surface area contributed by atoms with Gasteiger partial charge in [-0.1, -0.05) is 12.1 Å². The van der Waals surface area contributed by atoms with Gasteiger partial charge in [-0.25, -0.2) is 9.97 Å². The Bertz CT molecular complexity index is 1300. The summed E-state index contributed by atoms with van der Waals surface area (Å²) in [5.74, 6) is 1.17. The number of H-pyrrole nitrogens is 2. The van der Waals surface area contributed by atoms with Gasteiger partial charge in [0.05, 0.1) is 28.9 Å². The van der Waals surface area contributed by atoms with Gasteiger partial charge in [0.15, 0.2) is 0 Å². The number of thiophene rings is 1. The molecule has 3 heterocycles. The Labute approximate surface area is 165 Å². The largest absolute Gasteiger partial charge is 0.309 e. The van der Waals surface area contributed by atoms with E-state index in [0.29, 0.717) is 34.5 Å². The standard InChI is InChI=1S/C20H21N5O2S/c1-10-12(3)28-20-16(10)19(27)23-17(24-20)11(2)25(4)9-15-21-14-8-6-5-7-13(14)18(26)22-15/h5-8,11H,9H2,1-4H3,(H,21,22,26)(H,23,24,27)/t11-/m0/s1. The van der Waals surface area contributed by atoms with Crippen LogP contribution in [0.2, 0.25) is 0 Å². The van der Waals surface area contributed by atoms with Gasteiger partial charge in [-0.3, -0.25) is 14.5 Å². The number of nitrogens with zero attached hydrogens (tertiary/aromatic N) is 3. The lowest BCUT2D eigenvalue weighted by Gasteiger charge is -2.23. The number of aromatic nitrogens is 4. The monoisotopic (exact) mass is 395 g/mol. The molecule has 0 radical (unpaired) electrons. The highest BCUT2D eigenvalue weighted by Crippen LogP contribution is 2.27. The molecule has 0 spiro atoms. The third-order valence-electron chi connectivity index (χ3n) is 5.18. The first-order valence-corrected chi connectivity index (χ1v) is 9.85. The lowest BCUT2D eigenvalue weighted by molar-refractivity contribution is 0.238. The zero-order chi connectivity index (χ0) is 20.0. The summed E-state index contributed by atoms with van der Waals surface area (Å²) in [6, 6.07) is 7.11. The molecule has 1 aromatic carbocycles. The zero-order valence-electron chi connectivity index (χ0n) is 16.2. The molecule has 4 rings (SSSR count). The van der Waals surface area contributed by atoms with Gasteiger partial charge in [0, 0.05) is 4.88 Å². The van der Waals surface area contributed by atoms with E-state index >= 15 is 0 Å². The average Bonchev–Trinajstić information content (AvgIpc) is 2.95. The van der Waals surface area contributed by atoms with E-state index in [1.165, 1.54) is 11.3 Å². The fraction of sp³-hybridized carbons (Fsp3) is 0.300. The highest BCUT2D eigenvalue weighted by atomic mass is 32.1. The molecule has 8 heteroatoms. The summed E-state index contributed by atoms with van der Waals surface area (Å²) in [6.45, 7) is 6.34. The predicted molar refractivity (Wildman–Crippen MR) is 112 cm³/mol. The van der Waals surface area contributed by atoms with Gasteiger partial charge in [-0.15, -0.1) is 11.3 Å². The predicted octanol–water partition coefficient (Wildman–Crippen LogP) is 3.03. The number of hydrogen-bond acceptors (Lipinski definition) is 6. The van der Waals surface area contributed by atoms with E-state index in [9.17, 15) is 9.59 Å². The van der Waals surface area contributed by atoms with E-state index in [0.717, 1.165) is 15.3 Å². The third kappa shape index (κ3) is 3.14. The normalized spacial score (nSPS) is 12.9. The summed E-state index contributed by atoms with van der Waals surface area (Å²) >= 11 is 1.53. The zero-order valence-corrected chi connectivity index (χ0v) is 17.0. The molecule has 3 aromatic heterocycles. The first-order valence-electron chi connectivity index (χ1n) is 9.03. The van der Waals surface area contributed by atoms with E-state index in [2.05, 4.69) is 19.9 Å². The summed E-state index contributed by atoms with van der Waals surface area (Å²) in [7, 11) is 1.91. The topological polar surface area (TPSA) is 94.7 Å². The molecule has 0 saturated heterocycles. The molecule has 4 aromatic rings. The van der Waals surface area contributed by atoms with Crippen molar-refractivity contribution < 1.29 is 0 Å².